The largest absolute Gasteiger partial charge is 0.481 e. The molecule has 4 aromatic carbocycles. The summed E-state index contributed by atoms with van der Waals surface area (Å²) >= 11 is 0. The molecule has 9 rings (SSSR count). The molecule has 8 N–H and O–H groups in total. The Hall–Kier alpha value is -10.4. The van der Waals surface area contributed by atoms with Gasteiger partial charge in [-0.05, 0) is 191 Å². The summed E-state index contributed by atoms with van der Waals surface area (Å²) in [6.07, 6.45) is 12.4. The van der Waals surface area contributed by atoms with Crippen molar-refractivity contribution < 1.29 is 67.9 Å². The standard InChI is InChI=1S/C22H33NO3.C19H29NO3.C14H22N2O4.C13H20N2.C13H21N.C13H20.C12H17NO2.C7H14O2.CO2.CH4/c1-15(2)12-18(19(24)22(6)14-26-22)23-20(25)17(21(3,4)5)13-16-10-8-7-9-11-16;1-13(2)11-15(19(3,4)5)17(21)20-16(18(22)23)12-14-9-7-6-8-10-14;1-8-7-16(13(19)15-12(8)18)11-5-9(17)10(20-11)6-14(2,3)4;1-10(14)15-12-7-5-11(6-8-12)9-13(2,3)4;1-5-11(13(2,3)4)10-12-8-6-7-9-14-12;1-11(13(2,3)4)10-12-8-6-5-7-9-12;1-12(2,3)11(15-9-14)8-10-6-4-5-7-13-10;1-5(6(8)9)7(2,3)4;2-1-3;/h7-11,15,17-18H,12-14H2,1-6H3,(H,23,25);6-10,13,15-16H,11-12H2,1-5H3,(H,20,21)(H,22,23);7,9-11,17H,5-6H2,1-4H3,(H,15,18,19);5-8H,9H2,1-4H3,(H2,14,15);6-9,11H,5,10H2,1-4H3;5-9,11H,10H2,1-4H3;4-7,9,11H,8H2,1-3H3;5H,1-4H3,(H,8,9);;1H4. The number of aliphatic hydroxyl groups is 1. The van der Waals surface area contributed by atoms with Crippen LogP contribution >= 0.6 is 0 Å². The van der Waals surface area contributed by atoms with Crippen LogP contribution in [0.25, 0.3) is 0 Å². The second-order valence-electron chi connectivity index (χ2n) is 46.7. The van der Waals surface area contributed by atoms with Crippen LogP contribution in [0.3, 0.4) is 0 Å². The van der Waals surface area contributed by atoms with Crippen molar-refractivity contribution in [3.63, 3.8) is 0 Å². The van der Waals surface area contributed by atoms with Crippen molar-refractivity contribution in [3.8, 4) is 0 Å². The SMILES string of the molecule is C.CC(C(=O)O)C(C)(C)C.CC(C)(C)C(Cc1ccccn1)OC=O.CC(C)CC(C(=O)NC(Cc1ccccc1)C(=O)O)C(C)(C)C.CC(C)CC(NC(=O)C(Cc1ccccc1)C(C)(C)C)C(=O)C1(C)CO1.CC(Cc1ccccc1)C(C)(C)C.CC(N)=Nc1ccc(CC(C)(C)C)cc1.CCC(Cc1ccccn1)C(C)(C)C.Cc1cn(C2CC(O)C(CC(C)(C)C)O2)c(=O)[nH]c1=O.O=C=O. The fourth-order valence-electron chi connectivity index (χ4n) is 14.7. The number of ether oxygens (including phenoxy) is 3. The number of nitrogens with two attached hydrogens (primary N) is 1. The summed E-state index contributed by atoms with van der Waals surface area (Å²) in [7, 11) is 0. The number of aromatic amines is 1. The third-order valence-corrected chi connectivity index (χ3v) is 24.2. The number of carbonyl (C=O) groups is 6. The van der Waals surface area contributed by atoms with Gasteiger partial charge in [0.05, 0.1) is 42.3 Å². The maximum Gasteiger partial charge on any atom is 0.373 e. The third-order valence-electron chi connectivity index (χ3n) is 24.2. The molecule has 0 spiro atoms. The van der Waals surface area contributed by atoms with E-state index in [-0.39, 0.29) is 88.2 Å². The van der Waals surface area contributed by atoms with E-state index in [0.29, 0.717) is 91.1 Å². The van der Waals surface area contributed by atoms with Gasteiger partial charge in [0.15, 0.2) is 5.78 Å². The van der Waals surface area contributed by atoms with Crippen LogP contribution in [0.15, 0.2) is 185 Å². The number of aliphatic hydroxyl groups excluding tert-OH is 1. The molecular formula is C115H180N8O16. The molecular weight excluding hydrogens is 1750 g/mol. The number of benzene rings is 4. The molecule has 776 valence electrons. The minimum atomic E-state index is -1.00. The van der Waals surface area contributed by atoms with Crippen LogP contribution in [-0.4, -0.2) is 125 Å². The minimum absolute atomic E-state index is 0. The van der Waals surface area contributed by atoms with Crippen molar-refractivity contribution in [1.29, 1.82) is 0 Å². The smallest absolute Gasteiger partial charge is 0.373 e. The molecule has 24 nitrogen and oxygen atoms in total. The lowest BCUT2D eigenvalue weighted by atomic mass is 9.75. The number of nitrogens with one attached hydrogen (secondary N) is 3. The molecule has 139 heavy (non-hydrogen) atoms. The Labute approximate surface area is 835 Å². The van der Waals surface area contributed by atoms with Gasteiger partial charge in [0.25, 0.3) is 12.0 Å². The molecule has 2 aliphatic rings. The maximum atomic E-state index is 13.1. The average molecular weight is 1930 g/mol. The van der Waals surface area contributed by atoms with Gasteiger partial charge in [0.2, 0.25) is 11.8 Å². The average Bonchev–Trinajstić information content (AvgIpc) is 1.64. The number of aryl methyl sites for hydroxylation is 1. The first-order valence-corrected chi connectivity index (χ1v) is 48.8. The summed E-state index contributed by atoms with van der Waals surface area (Å²) in [5, 5.41) is 33.8. The summed E-state index contributed by atoms with van der Waals surface area (Å²) in [5.74, 6) is 0.105. The van der Waals surface area contributed by atoms with Crippen molar-refractivity contribution in [2.24, 2.45) is 95.5 Å². The molecule has 0 bridgehead atoms. The van der Waals surface area contributed by atoms with Crippen molar-refractivity contribution in [2.75, 3.05) is 6.61 Å². The van der Waals surface area contributed by atoms with Gasteiger partial charge in [-0.3, -0.25) is 48.3 Å². The highest BCUT2D eigenvalue weighted by molar-refractivity contribution is 5.97. The minimum Gasteiger partial charge on any atom is -0.481 e. The van der Waals surface area contributed by atoms with Crippen LogP contribution < -0.4 is 27.6 Å². The number of epoxide rings is 1. The Morgan fingerprint density at radius 3 is 1.37 bits per heavy atom. The number of ketones is 1. The number of carbonyl (C=O) groups excluding carboxylic acids is 6. The first kappa shape index (κ1) is 129. The Balaban J connectivity index is 0.00000158. The van der Waals surface area contributed by atoms with Crippen LogP contribution in [0.2, 0.25) is 0 Å². The van der Waals surface area contributed by atoms with Crippen LogP contribution in [0.4, 0.5) is 5.69 Å². The molecule has 2 saturated heterocycles. The van der Waals surface area contributed by atoms with Gasteiger partial charge in [-0.25, -0.2) is 14.6 Å². The predicted molar refractivity (Wildman–Crippen MR) is 563 cm³/mol. The topological polar surface area (TPSA) is 371 Å². The number of hydrogen-bond donors (Lipinski definition) is 7. The van der Waals surface area contributed by atoms with E-state index >= 15 is 0 Å². The lowest BCUT2D eigenvalue weighted by Gasteiger charge is -2.32. The van der Waals surface area contributed by atoms with Gasteiger partial charge in [0, 0.05) is 66.6 Å². The number of H-pyrrole nitrogens is 1. The normalized spacial score (nSPS) is 17.0. The van der Waals surface area contributed by atoms with Crippen LogP contribution in [0, 0.1) is 91.7 Å². The van der Waals surface area contributed by atoms with Gasteiger partial charge in [-0.1, -0.05) is 344 Å². The molecule has 2 aliphatic heterocycles. The highest BCUT2D eigenvalue weighted by Gasteiger charge is 2.51. The summed E-state index contributed by atoms with van der Waals surface area (Å²) in [6.45, 7) is 71.8. The molecule has 12 unspecified atom stereocenters. The number of amidine groups is 1. The van der Waals surface area contributed by atoms with Crippen molar-refractivity contribution in [3.05, 3.63) is 230 Å². The predicted octanol–water partition coefficient (Wildman–Crippen LogP) is 23.1. The molecule has 0 saturated carbocycles. The number of hydrogen-bond acceptors (Lipinski definition) is 17. The summed E-state index contributed by atoms with van der Waals surface area (Å²) in [5.41, 5.74) is 12.8. The van der Waals surface area contributed by atoms with E-state index in [1.807, 2.05) is 166 Å². The third kappa shape index (κ3) is 53.7. The molecule has 24 heteroatoms. The number of aliphatic carboxylic acids is 2. The van der Waals surface area contributed by atoms with E-state index < -0.39 is 53.2 Å². The number of carboxylic acid groups (broad SMARTS) is 2. The van der Waals surface area contributed by atoms with Crippen LogP contribution in [0.5, 0.6) is 0 Å². The highest BCUT2D eigenvalue weighted by atomic mass is 16.6. The van der Waals surface area contributed by atoms with Gasteiger partial charge >= 0.3 is 23.8 Å². The number of rotatable bonds is 29. The number of amides is 2. The van der Waals surface area contributed by atoms with Gasteiger partial charge in [-0.2, -0.15) is 9.59 Å². The molecule has 5 heterocycles. The molecule has 0 radical (unpaired) electrons. The summed E-state index contributed by atoms with van der Waals surface area (Å²) in [4.78, 5) is 125. The number of aliphatic imine (C=N–C) groups is 1. The quantitative estimate of drug-likeness (QED) is 0.00991. The zero-order chi connectivity index (χ0) is 106. The Morgan fingerprint density at radius 1 is 0.576 bits per heavy atom. The lowest BCUT2D eigenvalue weighted by molar-refractivity contribution is -0.192. The number of Topliss-reactive ketones (excluding diaryl/α,β-unsaturated/α-hetero) is 1. The van der Waals surface area contributed by atoms with Gasteiger partial charge < -0.3 is 45.9 Å². The Morgan fingerprint density at radius 2 is 1.01 bits per heavy atom. The first-order valence-electron chi connectivity index (χ1n) is 48.8. The highest BCUT2D eigenvalue weighted by Crippen LogP contribution is 2.38. The number of aromatic nitrogens is 4. The van der Waals surface area contributed by atoms with Crippen molar-refractivity contribution in [1.82, 2.24) is 30.2 Å². The van der Waals surface area contributed by atoms with E-state index in [2.05, 4.69) is 231 Å². The molecule has 7 aromatic rings. The lowest BCUT2D eigenvalue weighted by Crippen LogP contribution is -2.50. The van der Waals surface area contributed by atoms with E-state index in [1.54, 1.807) is 33.9 Å². The first-order chi connectivity index (χ1) is 63.5. The number of nitrogens with zero attached hydrogens (tertiary/aromatic N) is 4. The molecule has 2 amide bonds. The monoisotopic (exact) mass is 1930 g/mol. The fourth-order valence-corrected chi connectivity index (χ4v) is 14.7. The fraction of sp³-hybridized carbons (Fsp3) is 0.600. The van der Waals surface area contributed by atoms with E-state index in [4.69, 9.17) is 34.6 Å². The maximum absolute atomic E-state index is 13.1. The second-order valence-corrected chi connectivity index (χ2v) is 46.7. The van der Waals surface area contributed by atoms with Gasteiger partial charge in [0.1, 0.15) is 24.0 Å². The van der Waals surface area contributed by atoms with Crippen molar-refractivity contribution >= 4 is 53.7 Å². The summed E-state index contributed by atoms with van der Waals surface area (Å²) < 4.78 is 17.6. The van der Waals surface area contributed by atoms with E-state index in [9.17, 15) is 48.6 Å². The van der Waals surface area contributed by atoms with Crippen molar-refractivity contribution in [2.45, 2.75) is 356 Å². The zero-order valence-corrected chi connectivity index (χ0v) is 90.2. The Bertz CT molecular complexity index is 4870. The summed E-state index contributed by atoms with van der Waals surface area (Å²) in [6, 6.07) is 48.9. The van der Waals surface area contributed by atoms with E-state index in [1.165, 1.54) is 40.4 Å². The number of carboxylic acids is 2. The molecule has 0 aliphatic carbocycles. The zero-order valence-electron chi connectivity index (χ0n) is 90.2. The van der Waals surface area contributed by atoms with Gasteiger partial charge in [-0.15, -0.1) is 0 Å². The molecule has 3 aromatic heterocycles. The van der Waals surface area contributed by atoms with Crippen LogP contribution in [0.1, 0.15) is 313 Å². The van der Waals surface area contributed by atoms with Crippen LogP contribution in [-0.2, 0) is 91.1 Å². The molecule has 2 fully saturated rings. The number of pyridine rings is 2. The second kappa shape index (κ2) is 60.0. The Kier molecular flexibility index (Phi) is 55.5. The molecule has 12 atom stereocenters. The van der Waals surface area contributed by atoms with E-state index in [0.717, 1.165) is 53.6 Å².